The van der Waals surface area contributed by atoms with Crippen molar-refractivity contribution in [2.45, 2.75) is 57.3 Å². The molecular formula is C29H35N2O3S+. The molecule has 4 rings (SSSR count). The Labute approximate surface area is 209 Å². The lowest BCUT2D eigenvalue weighted by Crippen LogP contribution is -2.26. The largest absolute Gasteiger partial charge is 0.347 e. The van der Waals surface area contributed by atoms with Crippen molar-refractivity contribution >= 4 is 27.2 Å². The molecule has 0 saturated carbocycles. The van der Waals surface area contributed by atoms with Gasteiger partial charge in [0.05, 0.1) is 10.3 Å². The molecule has 6 heteroatoms. The van der Waals surface area contributed by atoms with E-state index >= 15 is 0 Å². The third-order valence-electron chi connectivity index (χ3n) is 7.50. The van der Waals surface area contributed by atoms with E-state index in [2.05, 4.69) is 101 Å². The zero-order valence-corrected chi connectivity index (χ0v) is 22.7. The van der Waals surface area contributed by atoms with Crippen molar-refractivity contribution in [2.75, 3.05) is 19.0 Å². The minimum absolute atomic E-state index is 0.0780. The molecular weight excluding hydrogens is 456 g/mol. The maximum atomic E-state index is 11.7. The molecule has 0 aliphatic carbocycles. The summed E-state index contributed by atoms with van der Waals surface area (Å²) in [5, 5.41) is 0. The van der Waals surface area contributed by atoms with Gasteiger partial charge in [0, 0.05) is 41.6 Å². The minimum atomic E-state index is -4.25. The SMILES string of the molecule is CC(C=CC1=[N+](C)c2ccc(S(=O)(=O)O)cc2C1(C)C)=CC=C1N(C)c2ccc(C)cc2C1(C)C. The van der Waals surface area contributed by atoms with Gasteiger partial charge in [0.25, 0.3) is 10.1 Å². The van der Waals surface area contributed by atoms with Gasteiger partial charge >= 0.3 is 0 Å². The van der Waals surface area contributed by atoms with Crippen LogP contribution < -0.4 is 4.90 Å². The van der Waals surface area contributed by atoms with E-state index < -0.39 is 15.5 Å². The molecule has 5 nitrogen and oxygen atoms in total. The van der Waals surface area contributed by atoms with Crippen LogP contribution in [0.4, 0.5) is 11.4 Å². The predicted octanol–water partition coefficient (Wildman–Crippen LogP) is 6.06. The van der Waals surface area contributed by atoms with Crippen molar-refractivity contribution in [1.82, 2.24) is 0 Å². The van der Waals surface area contributed by atoms with Crippen LogP contribution in [0.1, 0.15) is 51.3 Å². The van der Waals surface area contributed by atoms with E-state index in [-0.39, 0.29) is 10.3 Å². The van der Waals surface area contributed by atoms with Gasteiger partial charge in [-0.05, 0) is 57.5 Å². The molecule has 1 N–H and O–H groups in total. The number of likely N-dealkylation sites (N-methyl/N-ethyl adjacent to an activating group) is 1. The number of fused-ring (bicyclic) bond motifs is 2. The second kappa shape index (κ2) is 8.32. The molecule has 0 saturated heterocycles. The average molecular weight is 492 g/mol. The zero-order valence-electron chi connectivity index (χ0n) is 21.8. The second-order valence-corrected chi connectivity index (χ2v) is 12.1. The van der Waals surface area contributed by atoms with Crippen molar-refractivity contribution in [3.05, 3.63) is 88.7 Å². The van der Waals surface area contributed by atoms with Crippen molar-refractivity contribution in [3.63, 3.8) is 0 Å². The number of allylic oxidation sites excluding steroid dienone is 6. The number of aryl methyl sites for hydroxylation is 1. The standard InChI is InChI=1S/C29H34N2O3S/c1-19(10-15-26-28(3,4)22-17-20(2)9-13-24(22)30(26)7)11-16-27-29(5,6)23-18-21(35(32,33)34)12-14-25(23)31(27)8/h9-18H,1-8H3/p+1. The zero-order chi connectivity index (χ0) is 25.9. The first-order valence-corrected chi connectivity index (χ1v) is 13.2. The Balaban J connectivity index is 1.64. The number of anilines is 1. The molecule has 0 bridgehead atoms. The highest BCUT2D eigenvalue weighted by Crippen LogP contribution is 2.47. The number of hydrogen-bond acceptors (Lipinski definition) is 3. The predicted molar refractivity (Wildman–Crippen MR) is 144 cm³/mol. The smallest absolute Gasteiger partial charge is 0.294 e. The van der Waals surface area contributed by atoms with Gasteiger partial charge in [-0.2, -0.15) is 13.0 Å². The number of benzene rings is 2. The number of nitrogens with zero attached hydrogens (tertiary/aromatic N) is 2. The molecule has 2 aromatic rings. The van der Waals surface area contributed by atoms with Crippen LogP contribution >= 0.6 is 0 Å². The van der Waals surface area contributed by atoms with Crippen molar-refractivity contribution in [3.8, 4) is 0 Å². The summed E-state index contributed by atoms with van der Waals surface area (Å²) < 4.78 is 34.9. The summed E-state index contributed by atoms with van der Waals surface area (Å²) in [5.74, 6) is 0. The molecule has 0 atom stereocenters. The average Bonchev–Trinajstić information content (AvgIpc) is 3.07. The molecule has 35 heavy (non-hydrogen) atoms. The van der Waals surface area contributed by atoms with Crippen LogP contribution in [0.5, 0.6) is 0 Å². The van der Waals surface area contributed by atoms with Gasteiger partial charge in [-0.25, -0.2) is 0 Å². The molecule has 0 radical (unpaired) electrons. The number of hydrogen-bond donors (Lipinski definition) is 1. The van der Waals surface area contributed by atoms with E-state index in [0.29, 0.717) is 0 Å². The molecule has 2 aromatic carbocycles. The summed E-state index contributed by atoms with van der Waals surface area (Å²) in [6, 6.07) is 11.4. The molecule has 184 valence electrons. The van der Waals surface area contributed by atoms with Gasteiger partial charge in [-0.3, -0.25) is 4.55 Å². The summed E-state index contributed by atoms with van der Waals surface area (Å²) in [4.78, 5) is 2.19. The summed E-state index contributed by atoms with van der Waals surface area (Å²) in [7, 11) is -0.147. The maximum Gasteiger partial charge on any atom is 0.294 e. The minimum Gasteiger partial charge on any atom is -0.347 e. The van der Waals surface area contributed by atoms with Crippen molar-refractivity contribution in [1.29, 1.82) is 0 Å². The van der Waals surface area contributed by atoms with Crippen LogP contribution in [0.3, 0.4) is 0 Å². The summed E-state index contributed by atoms with van der Waals surface area (Å²) in [6.07, 6.45) is 8.55. The van der Waals surface area contributed by atoms with Crippen molar-refractivity contribution in [2.24, 2.45) is 0 Å². The van der Waals surface area contributed by atoms with Crippen LogP contribution in [0.15, 0.2) is 76.9 Å². The topological polar surface area (TPSA) is 60.6 Å². The molecule has 0 aromatic heterocycles. The maximum absolute atomic E-state index is 11.7. The van der Waals surface area contributed by atoms with E-state index in [0.717, 1.165) is 22.5 Å². The van der Waals surface area contributed by atoms with Crippen LogP contribution in [-0.4, -0.2) is 37.4 Å². The quantitative estimate of drug-likeness (QED) is 0.321. The normalized spacial score (nSPS) is 20.2. The fourth-order valence-corrected chi connectivity index (χ4v) is 5.91. The van der Waals surface area contributed by atoms with E-state index in [1.54, 1.807) is 12.1 Å². The van der Waals surface area contributed by atoms with Gasteiger partial charge in [-0.1, -0.05) is 49.3 Å². The van der Waals surface area contributed by atoms with Crippen LogP contribution in [0, 0.1) is 6.92 Å². The van der Waals surface area contributed by atoms with Gasteiger partial charge in [0.15, 0.2) is 5.71 Å². The summed E-state index contributed by atoms with van der Waals surface area (Å²) >= 11 is 0. The monoisotopic (exact) mass is 491 g/mol. The third kappa shape index (κ3) is 4.19. The van der Waals surface area contributed by atoms with E-state index in [4.69, 9.17) is 0 Å². The fourth-order valence-electron chi connectivity index (χ4n) is 5.40. The number of rotatable bonds is 4. The van der Waals surface area contributed by atoms with Gasteiger partial charge in [-0.15, -0.1) is 0 Å². The first kappa shape index (κ1) is 25.1. The second-order valence-electron chi connectivity index (χ2n) is 10.7. The Kier molecular flexibility index (Phi) is 5.97. The lowest BCUT2D eigenvalue weighted by Gasteiger charge is -2.23. The van der Waals surface area contributed by atoms with Crippen LogP contribution in [0.25, 0.3) is 0 Å². The Morgan fingerprint density at radius 1 is 1.03 bits per heavy atom. The molecule has 2 aliphatic heterocycles. The van der Waals surface area contributed by atoms with Gasteiger partial charge < -0.3 is 4.90 Å². The van der Waals surface area contributed by atoms with Crippen LogP contribution in [-0.2, 0) is 20.9 Å². The molecule has 2 heterocycles. The lowest BCUT2D eigenvalue weighted by atomic mass is 9.81. The molecule has 0 spiro atoms. The Hall–Kier alpha value is -2.96. The van der Waals surface area contributed by atoms with E-state index in [9.17, 15) is 13.0 Å². The van der Waals surface area contributed by atoms with Crippen LogP contribution in [0.2, 0.25) is 0 Å². The molecule has 2 aliphatic rings. The highest BCUT2D eigenvalue weighted by Gasteiger charge is 2.43. The van der Waals surface area contributed by atoms with E-state index in [1.807, 2.05) is 7.05 Å². The Morgan fingerprint density at radius 3 is 2.37 bits per heavy atom. The van der Waals surface area contributed by atoms with E-state index in [1.165, 1.54) is 28.6 Å². The highest BCUT2D eigenvalue weighted by atomic mass is 32.2. The first-order chi connectivity index (χ1) is 16.2. The summed E-state index contributed by atoms with van der Waals surface area (Å²) in [5.41, 5.74) is 8.61. The molecule has 0 amide bonds. The molecule has 0 fully saturated rings. The summed E-state index contributed by atoms with van der Waals surface area (Å²) in [6.45, 7) is 12.9. The lowest BCUT2D eigenvalue weighted by molar-refractivity contribution is -0.401. The first-order valence-electron chi connectivity index (χ1n) is 11.8. The Morgan fingerprint density at radius 2 is 1.71 bits per heavy atom. The van der Waals surface area contributed by atoms with Gasteiger partial charge in [0.1, 0.15) is 7.05 Å². The van der Waals surface area contributed by atoms with Gasteiger partial charge in [0.2, 0.25) is 5.69 Å². The third-order valence-corrected chi connectivity index (χ3v) is 8.35. The Bertz CT molecular complexity index is 1450. The van der Waals surface area contributed by atoms with Crippen molar-refractivity contribution < 1.29 is 17.5 Å². The highest BCUT2D eigenvalue weighted by molar-refractivity contribution is 7.85. The molecule has 0 unspecified atom stereocenters. The fraction of sp³-hybridized carbons (Fsp3) is 0.345.